The molecule has 1 aliphatic heterocycles. The predicted octanol–water partition coefficient (Wildman–Crippen LogP) is 3.63. The van der Waals surface area contributed by atoms with Crippen LogP contribution in [0.2, 0.25) is 0 Å². The Labute approximate surface area is 208 Å². The van der Waals surface area contributed by atoms with Crippen molar-refractivity contribution in [1.29, 1.82) is 0 Å². The average molecular weight is 498 g/mol. The zero-order valence-electron chi connectivity index (χ0n) is 20.5. The Hall–Kier alpha value is -3.66. The molecule has 1 aliphatic rings. The van der Waals surface area contributed by atoms with Gasteiger partial charge in [-0.05, 0) is 75.5 Å². The highest BCUT2D eigenvalue weighted by Crippen LogP contribution is 2.24. The maximum atomic E-state index is 13.3. The maximum Gasteiger partial charge on any atom is 0.405 e. The lowest BCUT2D eigenvalue weighted by atomic mass is 9.96. The summed E-state index contributed by atoms with van der Waals surface area (Å²) in [5, 5.41) is 2.94. The summed E-state index contributed by atoms with van der Waals surface area (Å²) >= 11 is 0. The Morgan fingerprint density at radius 1 is 1.08 bits per heavy atom. The van der Waals surface area contributed by atoms with Crippen molar-refractivity contribution in [2.24, 2.45) is 11.7 Å². The van der Waals surface area contributed by atoms with Gasteiger partial charge in [-0.1, -0.05) is 24.3 Å². The topological polar surface area (TPSA) is 112 Å². The fourth-order valence-electron chi connectivity index (χ4n) is 4.81. The summed E-state index contributed by atoms with van der Waals surface area (Å²) in [5.41, 5.74) is 6.90. The van der Waals surface area contributed by atoms with Crippen molar-refractivity contribution < 1.29 is 18.7 Å². The van der Waals surface area contributed by atoms with Crippen molar-refractivity contribution in [3.8, 4) is 0 Å². The van der Waals surface area contributed by atoms with Gasteiger partial charge in [-0.25, -0.2) is 23.3 Å². The summed E-state index contributed by atoms with van der Waals surface area (Å²) in [6.45, 7) is 6.22. The monoisotopic (exact) mass is 497 g/mol. The van der Waals surface area contributed by atoms with Gasteiger partial charge in [-0.3, -0.25) is 9.47 Å². The molecule has 1 atom stereocenters. The van der Waals surface area contributed by atoms with Crippen molar-refractivity contribution >= 4 is 23.2 Å². The highest BCUT2D eigenvalue weighted by Gasteiger charge is 2.26. The van der Waals surface area contributed by atoms with E-state index in [2.05, 4.69) is 10.2 Å². The lowest BCUT2D eigenvalue weighted by molar-refractivity contribution is 0.0637. The van der Waals surface area contributed by atoms with Gasteiger partial charge in [0.05, 0.1) is 11.0 Å². The van der Waals surface area contributed by atoms with Crippen LogP contribution in [0.5, 0.6) is 0 Å². The lowest BCUT2D eigenvalue weighted by Gasteiger charge is -2.34. The molecule has 3 aromatic rings. The van der Waals surface area contributed by atoms with Crippen LogP contribution in [0.1, 0.15) is 44.4 Å². The second-order valence-corrected chi connectivity index (χ2v) is 9.48. The number of carbonyl (C=O) groups excluding carboxylic acids is 2. The quantitative estimate of drug-likeness (QED) is 0.518. The minimum Gasteiger partial charge on any atom is -0.440 e. The fraction of sp³-hybridized carbons (Fsp3) is 0.423. The van der Waals surface area contributed by atoms with E-state index in [0.717, 1.165) is 31.4 Å². The summed E-state index contributed by atoms with van der Waals surface area (Å²) in [6.07, 6.45) is 0.186. The number of para-hydroxylation sites is 2. The second kappa shape index (κ2) is 10.9. The SMILES string of the molecule is CC(C)n1c(=O)n(C(=O)NCC2CCN(CC(OC(N)=O)c3ccc(F)cc3)CC2)c2ccccc21. The first-order chi connectivity index (χ1) is 17.2. The average Bonchev–Trinajstić information content (AvgIpc) is 3.15. The molecule has 10 heteroatoms. The number of amides is 2. The molecule has 1 unspecified atom stereocenters. The second-order valence-electron chi connectivity index (χ2n) is 9.48. The summed E-state index contributed by atoms with van der Waals surface area (Å²) in [4.78, 5) is 39.5. The molecule has 0 spiro atoms. The number of rotatable bonds is 7. The third kappa shape index (κ3) is 5.59. The van der Waals surface area contributed by atoms with E-state index in [1.807, 2.05) is 32.0 Å². The van der Waals surface area contributed by atoms with Crippen LogP contribution >= 0.6 is 0 Å². The molecule has 0 aliphatic carbocycles. The molecule has 36 heavy (non-hydrogen) atoms. The van der Waals surface area contributed by atoms with Crippen LogP contribution in [0.15, 0.2) is 53.3 Å². The molecule has 4 rings (SSSR count). The number of fused-ring (bicyclic) bond motifs is 1. The molecule has 3 N–H and O–H groups in total. The van der Waals surface area contributed by atoms with Crippen molar-refractivity contribution in [3.05, 3.63) is 70.4 Å². The maximum absolute atomic E-state index is 13.3. The van der Waals surface area contributed by atoms with E-state index in [1.54, 1.807) is 22.8 Å². The first kappa shape index (κ1) is 25.4. The van der Waals surface area contributed by atoms with E-state index >= 15 is 0 Å². The Kier molecular flexibility index (Phi) is 7.73. The molecular formula is C26H32FN5O4. The number of likely N-dealkylation sites (tertiary alicyclic amines) is 1. The molecule has 2 aromatic carbocycles. The van der Waals surface area contributed by atoms with E-state index in [0.29, 0.717) is 24.2 Å². The minimum atomic E-state index is -0.879. The van der Waals surface area contributed by atoms with Crippen molar-refractivity contribution in [1.82, 2.24) is 19.4 Å². The molecule has 9 nitrogen and oxygen atoms in total. The molecule has 0 bridgehead atoms. The number of carbonyl (C=O) groups is 2. The Bertz CT molecular complexity index is 1280. The molecule has 2 heterocycles. The van der Waals surface area contributed by atoms with Gasteiger partial charge < -0.3 is 15.8 Å². The lowest BCUT2D eigenvalue weighted by Crippen LogP contribution is -2.43. The van der Waals surface area contributed by atoms with E-state index < -0.39 is 18.2 Å². The van der Waals surface area contributed by atoms with Gasteiger partial charge in [0.2, 0.25) is 0 Å². The highest BCUT2D eigenvalue weighted by molar-refractivity contribution is 5.89. The number of ether oxygens (including phenoxy) is 1. The number of aromatic nitrogens is 2. The Morgan fingerprint density at radius 3 is 2.33 bits per heavy atom. The van der Waals surface area contributed by atoms with Crippen molar-refractivity contribution in [2.45, 2.75) is 38.8 Å². The van der Waals surface area contributed by atoms with E-state index in [9.17, 15) is 18.8 Å². The Balaban J connectivity index is 1.35. The number of nitrogens with zero attached hydrogens (tertiary/aromatic N) is 3. The zero-order valence-corrected chi connectivity index (χ0v) is 20.5. The molecular weight excluding hydrogens is 465 g/mol. The Morgan fingerprint density at radius 2 is 1.72 bits per heavy atom. The van der Waals surface area contributed by atoms with Crippen LogP contribution in [-0.2, 0) is 4.74 Å². The van der Waals surface area contributed by atoms with Gasteiger partial charge >= 0.3 is 17.8 Å². The summed E-state index contributed by atoms with van der Waals surface area (Å²) in [6, 6.07) is 12.6. The number of primary amides is 1. The zero-order chi connectivity index (χ0) is 25.8. The van der Waals surface area contributed by atoms with Crippen LogP contribution in [0, 0.1) is 11.7 Å². The number of hydrogen-bond donors (Lipinski definition) is 2. The fourth-order valence-corrected chi connectivity index (χ4v) is 4.81. The molecule has 1 aromatic heterocycles. The smallest absolute Gasteiger partial charge is 0.405 e. The van der Waals surface area contributed by atoms with Crippen LogP contribution in [0.3, 0.4) is 0 Å². The largest absolute Gasteiger partial charge is 0.440 e. The number of imidazole rings is 1. The predicted molar refractivity (Wildman–Crippen MR) is 134 cm³/mol. The van der Waals surface area contributed by atoms with Crippen LogP contribution < -0.4 is 16.7 Å². The number of piperidine rings is 1. The number of benzene rings is 2. The molecule has 1 fully saturated rings. The highest BCUT2D eigenvalue weighted by atomic mass is 19.1. The van der Waals surface area contributed by atoms with Gasteiger partial charge in [0.25, 0.3) is 0 Å². The standard InChI is InChI=1S/C26H32FN5O4/c1-17(2)31-21-5-3-4-6-22(21)32(26(31)35)25(34)29-15-18-11-13-30(14-12-18)16-23(36-24(28)33)19-7-9-20(27)10-8-19/h3-10,17-18,23H,11-16H2,1-2H3,(H2,28,33)(H,29,34). The van der Waals surface area contributed by atoms with Gasteiger partial charge in [-0.15, -0.1) is 0 Å². The van der Waals surface area contributed by atoms with E-state index in [1.165, 1.54) is 16.7 Å². The molecule has 2 amide bonds. The van der Waals surface area contributed by atoms with Gasteiger partial charge in [-0.2, -0.15) is 0 Å². The van der Waals surface area contributed by atoms with Crippen molar-refractivity contribution in [3.63, 3.8) is 0 Å². The van der Waals surface area contributed by atoms with Gasteiger partial charge in [0.1, 0.15) is 11.9 Å². The van der Waals surface area contributed by atoms with Crippen LogP contribution in [0.25, 0.3) is 11.0 Å². The molecule has 0 saturated carbocycles. The van der Waals surface area contributed by atoms with E-state index in [-0.39, 0.29) is 23.5 Å². The number of nitrogens with one attached hydrogen (secondary N) is 1. The summed E-state index contributed by atoms with van der Waals surface area (Å²) in [5.74, 6) is -0.115. The molecule has 1 saturated heterocycles. The minimum absolute atomic E-state index is 0.0712. The normalized spacial score (nSPS) is 15.8. The summed E-state index contributed by atoms with van der Waals surface area (Å²) < 4.78 is 21.4. The van der Waals surface area contributed by atoms with Crippen LogP contribution in [0.4, 0.5) is 14.0 Å². The number of nitrogens with two attached hydrogens (primary N) is 1. The number of halogens is 1. The van der Waals surface area contributed by atoms with Crippen LogP contribution in [-0.4, -0.2) is 52.3 Å². The third-order valence-corrected chi connectivity index (χ3v) is 6.67. The van der Waals surface area contributed by atoms with E-state index in [4.69, 9.17) is 10.5 Å². The third-order valence-electron chi connectivity index (χ3n) is 6.67. The first-order valence-corrected chi connectivity index (χ1v) is 12.2. The van der Waals surface area contributed by atoms with Gasteiger partial charge in [0.15, 0.2) is 0 Å². The first-order valence-electron chi connectivity index (χ1n) is 12.2. The number of hydrogen-bond acceptors (Lipinski definition) is 5. The van der Waals surface area contributed by atoms with Crippen molar-refractivity contribution in [2.75, 3.05) is 26.2 Å². The molecule has 192 valence electrons. The van der Waals surface area contributed by atoms with Gasteiger partial charge in [0, 0.05) is 19.1 Å². The summed E-state index contributed by atoms with van der Waals surface area (Å²) in [7, 11) is 0. The molecule has 0 radical (unpaired) electrons.